The molecule has 0 aromatic heterocycles. The second-order valence-electron chi connectivity index (χ2n) is 5.29. The SMILES string of the molecule is COC(=O)CC(NC(=O)c1cccc(NC(N)=O)c1)c1ccccc1. The molecule has 2 aromatic carbocycles. The van der Waals surface area contributed by atoms with Crippen LogP contribution in [0.2, 0.25) is 0 Å². The summed E-state index contributed by atoms with van der Waals surface area (Å²) in [4.78, 5) is 35.1. The number of ether oxygens (including phenoxy) is 1. The summed E-state index contributed by atoms with van der Waals surface area (Å²) in [5.41, 5.74) is 6.60. The first-order valence-electron chi connectivity index (χ1n) is 7.58. The van der Waals surface area contributed by atoms with Gasteiger partial charge in [0.25, 0.3) is 5.91 Å². The van der Waals surface area contributed by atoms with E-state index in [1.807, 2.05) is 30.3 Å². The number of primary amides is 1. The fraction of sp³-hybridized carbons (Fsp3) is 0.167. The molecule has 1 atom stereocenters. The van der Waals surface area contributed by atoms with E-state index in [-0.39, 0.29) is 12.3 Å². The molecule has 7 nitrogen and oxygen atoms in total. The molecule has 0 fully saturated rings. The van der Waals surface area contributed by atoms with Crippen molar-refractivity contribution in [3.8, 4) is 0 Å². The van der Waals surface area contributed by atoms with Crippen molar-refractivity contribution in [3.63, 3.8) is 0 Å². The molecule has 0 aliphatic heterocycles. The van der Waals surface area contributed by atoms with Crippen LogP contribution in [0.4, 0.5) is 10.5 Å². The number of urea groups is 1. The van der Waals surface area contributed by atoms with Gasteiger partial charge in [-0.15, -0.1) is 0 Å². The van der Waals surface area contributed by atoms with E-state index >= 15 is 0 Å². The standard InChI is InChI=1S/C18H19N3O4/c1-25-16(22)11-15(12-6-3-2-4-7-12)21-17(23)13-8-5-9-14(10-13)20-18(19)24/h2-10,15H,11H2,1H3,(H,21,23)(H3,19,20,24). The number of hydrogen-bond donors (Lipinski definition) is 3. The summed E-state index contributed by atoms with van der Waals surface area (Å²) in [6, 6.07) is 14.2. The maximum absolute atomic E-state index is 12.5. The van der Waals surface area contributed by atoms with Crippen molar-refractivity contribution in [1.82, 2.24) is 5.32 Å². The lowest BCUT2D eigenvalue weighted by atomic mass is 10.0. The van der Waals surface area contributed by atoms with E-state index in [2.05, 4.69) is 10.6 Å². The number of rotatable bonds is 6. The molecule has 7 heteroatoms. The first kappa shape index (κ1) is 18.0. The van der Waals surface area contributed by atoms with Crippen molar-refractivity contribution in [2.75, 3.05) is 12.4 Å². The zero-order chi connectivity index (χ0) is 18.2. The number of esters is 1. The number of nitrogens with two attached hydrogens (primary N) is 1. The smallest absolute Gasteiger partial charge is 0.316 e. The summed E-state index contributed by atoms with van der Waals surface area (Å²) in [5, 5.41) is 5.22. The van der Waals surface area contributed by atoms with Crippen LogP contribution in [0, 0.1) is 0 Å². The van der Waals surface area contributed by atoms with Gasteiger partial charge in [0.05, 0.1) is 19.6 Å². The Kier molecular flexibility index (Phi) is 6.11. The second-order valence-corrected chi connectivity index (χ2v) is 5.29. The van der Waals surface area contributed by atoms with Gasteiger partial charge < -0.3 is 21.1 Å². The van der Waals surface area contributed by atoms with Gasteiger partial charge in [-0.1, -0.05) is 36.4 Å². The van der Waals surface area contributed by atoms with Crippen molar-refractivity contribution in [2.45, 2.75) is 12.5 Å². The van der Waals surface area contributed by atoms with Gasteiger partial charge in [-0.3, -0.25) is 9.59 Å². The lowest BCUT2D eigenvalue weighted by Gasteiger charge is -2.18. The Morgan fingerprint density at radius 2 is 1.80 bits per heavy atom. The summed E-state index contributed by atoms with van der Waals surface area (Å²) in [7, 11) is 1.30. The topological polar surface area (TPSA) is 111 Å². The minimum atomic E-state index is -0.717. The zero-order valence-corrected chi connectivity index (χ0v) is 13.7. The molecule has 25 heavy (non-hydrogen) atoms. The Morgan fingerprint density at radius 1 is 1.08 bits per heavy atom. The number of hydrogen-bond acceptors (Lipinski definition) is 4. The fourth-order valence-electron chi connectivity index (χ4n) is 2.31. The zero-order valence-electron chi connectivity index (χ0n) is 13.7. The molecular formula is C18H19N3O4. The number of amides is 3. The highest BCUT2D eigenvalue weighted by Gasteiger charge is 2.19. The van der Waals surface area contributed by atoms with Crippen LogP contribution in [0.25, 0.3) is 0 Å². The molecule has 1 unspecified atom stereocenters. The first-order valence-corrected chi connectivity index (χ1v) is 7.58. The Hall–Kier alpha value is -3.35. The predicted octanol–water partition coefficient (Wildman–Crippen LogP) is 2.21. The molecule has 130 valence electrons. The van der Waals surface area contributed by atoms with Crippen LogP contribution in [0.1, 0.15) is 28.4 Å². The van der Waals surface area contributed by atoms with Gasteiger partial charge in [0.2, 0.25) is 0 Å². The molecule has 0 saturated carbocycles. The number of methoxy groups -OCH3 is 1. The molecule has 0 heterocycles. The van der Waals surface area contributed by atoms with Gasteiger partial charge in [0.1, 0.15) is 0 Å². The van der Waals surface area contributed by atoms with Gasteiger partial charge in [-0.2, -0.15) is 0 Å². The molecule has 0 spiro atoms. The quantitative estimate of drug-likeness (QED) is 0.700. The lowest BCUT2D eigenvalue weighted by molar-refractivity contribution is -0.141. The maximum atomic E-state index is 12.5. The van der Waals surface area contributed by atoms with Crippen LogP contribution in [0.3, 0.4) is 0 Å². The molecule has 0 aliphatic carbocycles. The van der Waals surface area contributed by atoms with Gasteiger partial charge in [0.15, 0.2) is 0 Å². The van der Waals surface area contributed by atoms with Crippen molar-refractivity contribution in [1.29, 1.82) is 0 Å². The normalized spacial score (nSPS) is 11.2. The first-order chi connectivity index (χ1) is 12.0. The number of carbonyl (C=O) groups is 3. The molecule has 4 N–H and O–H groups in total. The fourth-order valence-corrected chi connectivity index (χ4v) is 2.31. The summed E-state index contributed by atoms with van der Waals surface area (Å²) >= 11 is 0. The average molecular weight is 341 g/mol. The molecule has 0 radical (unpaired) electrons. The highest BCUT2D eigenvalue weighted by Crippen LogP contribution is 2.19. The predicted molar refractivity (Wildman–Crippen MR) is 92.9 cm³/mol. The van der Waals surface area contributed by atoms with E-state index < -0.39 is 18.0 Å². The number of anilines is 1. The number of carbonyl (C=O) groups excluding carboxylic acids is 3. The number of benzene rings is 2. The summed E-state index contributed by atoms with van der Waals surface area (Å²) in [6.07, 6.45) is 0.00544. The summed E-state index contributed by atoms with van der Waals surface area (Å²) in [6.45, 7) is 0. The van der Waals surface area contributed by atoms with Gasteiger partial charge in [-0.25, -0.2) is 4.79 Å². The highest BCUT2D eigenvalue weighted by atomic mass is 16.5. The molecular weight excluding hydrogens is 322 g/mol. The van der Waals surface area contributed by atoms with E-state index in [0.29, 0.717) is 11.3 Å². The van der Waals surface area contributed by atoms with Crippen molar-refractivity contribution in [3.05, 3.63) is 65.7 Å². The van der Waals surface area contributed by atoms with Gasteiger partial charge in [0, 0.05) is 11.3 Å². The molecule has 3 amide bonds. The molecule has 0 aliphatic rings. The minimum Gasteiger partial charge on any atom is -0.469 e. The van der Waals surface area contributed by atoms with Gasteiger partial charge in [-0.05, 0) is 23.8 Å². The Bertz CT molecular complexity index is 762. The second kappa shape index (κ2) is 8.49. The van der Waals surface area contributed by atoms with Crippen molar-refractivity contribution < 1.29 is 19.1 Å². The van der Waals surface area contributed by atoms with Crippen LogP contribution in [-0.4, -0.2) is 25.0 Å². The van der Waals surface area contributed by atoms with Crippen LogP contribution in [-0.2, 0) is 9.53 Å². The Morgan fingerprint density at radius 3 is 2.44 bits per heavy atom. The Labute approximate surface area is 145 Å². The van der Waals surface area contributed by atoms with Crippen LogP contribution in [0.5, 0.6) is 0 Å². The largest absolute Gasteiger partial charge is 0.469 e. The van der Waals surface area contributed by atoms with E-state index in [1.54, 1.807) is 18.2 Å². The van der Waals surface area contributed by atoms with E-state index in [0.717, 1.165) is 5.56 Å². The highest BCUT2D eigenvalue weighted by molar-refractivity contribution is 5.97. The summed E-state index contributed by atoms with van der Waals surface area (Å²) < 4.78 is 4.70. The van der Waals surface area contributed by atoms with E-state index in [4.69, 9.17) is 10.5 Å². The maximum Gasteiger partial charge on any atom is 0.316 e. The van der Waals surface area contributed by atoms with Crippen LogP contribution < -0.4 is 16.4 Å². The van der Waals surface area contributed by atoms with Crippen LogP contribution in [0.15, 0.2) is 54.6 Å². The van der Waals surface area contributed by atoms with Crippen molar-refractivity contribution >= 4 is 23.6 Å². The van der Waals surface area contributed by atoms with Gasteiger partial charge >= 0.3 is 12.0 Å². The Balaban J connectivity index is 2.19. The molecule has 0 saturated heterocycles. The minimum absolute atomic E-state index is 0.00544. The number of nitrogens with one attached hydrogen (secondary N) is 2. The monoisotopic (exact) mass is 341 g/mol. The molecule has 2 aromatic rings. The molecule has 0 bridgehead atoms. The third-order valence-corrected chi connectivity index (χ3v) is 3.50. The van der Waals surface area contributed by atoms with E-state index in [9.17, 15) is 14.4 Å². The third-order valence-electron chi connectivity index (χ3n) is 3.50. The average Bonchev–Trinajstić information content (AvgIpc) is 2.61. The summed E-state index contributed by atoms with van der Waals surface area (Å²) in [5.74, 6) is -0.816. The lowest BCUT2D eigenvalue weighted by Crippen LogP contribution is -2.30. The molecule has 2 rings (SSSR count). The van der Waals surface area contributed by atoms with E-state index in [1.165, 1.54) is 13.2 Å². The van der Waals surface area contributed by atoms with Crippen LogP contribution >= 0.6 is 0 Å². The van der Waals surface area contributed by atoms with Crippen molar-refractivity contribution in [2.24, 2.45) is 5.73 Å². The third kappa shape index (κ3) is 5.35.